The number of nitrogens with zero attached hydrogens (tertiary/aromatic N) is 2. The van der Waals surface area contributed by atoms with Crippen molar-refractivity contribution in [2.45, 2.75) is 12.6 Å². The number of hydrogen-bond acceptors (Lipinski definition) is 6. The first-order chi connectivity index (χ1) is 15.9. The van der Waals surface area contributed by atoms with Crippen molar-refractivity contribution >= 4 is 33.4 Å². The second-order valence-electron chi connectivity index (χ2n) is 7.40. The minimum atomic E-state index is -0.768. The van der Waals surface area contributed by atoms with Crippen molar-refractivity contribution in [2.75, 3.05) is 14.2 Å². The number of amides is 1. The van der Waals surface area contributed by atoms with E-state index >= 15 is 0 Å². The molecule has 1 aromatic heterocycles. The molecule has 0 spiro atoms. The van der Waals surface area contributed by atoms with E-state index in [2.05, 4.69) is 20.9 Å². The van der Waals surface area contributed by atoms with Crippen LogP contribution in [0.1, 0.15) is 22.7 Å². The molecule has 168 valence electrons. The van der Waals surface area contributed by atoms with Crippen molar-refractivity contribution in [3.8, 4) is 11.5 Å². The van der Waals surface area contributed by atoms with Crippen molar-refractivity contribution < 1.29 is 24.2 Å². The molecule has 1 atom stereocenters. The van der Waals surface area contributed by atoms with Gasteiger partial charge >= 0.3 is 0 Å². The van der Waals surface area contributed by atoms with Gasteiger partial charge in [-0.05, 0) is 69.5 Å². The number of Topliss-reactive ketones (excluding diaryl/α,β-unsaturated/α-hetero) is 1. The Labute approximate surface area is 199 Å². The van der Waals surface area contributed by atoms with Crippen LogP contribution in [0.15, 0.2) is 77.0 Å². The number of hydrogen-bond donors (Lipinski definition) is 1. The molecule has 1 amide bonds. The van der Waals surface area contributed by atoms with Crippen LogP contribution in [-0.4, -0.2) is 40.9 Å². The van der Waals surface area contributed by atoms with Crippen LogP contribution in [0, 0.1) is 0 Å². The van der Waals surface area contributed by atoms with Gasteiger partial charge < -0.3 is 19.5 Å². The van der Waals surface area contributed by atoms with Gasteiger partial charge in [-0.15, -0.1) is 0 Å². The molecule has 1 saturated heterocycles. The summed E-state index contributed by atoms with van der Waals surface area (Å²) < 4.78 is 11.1. The topological polar surface area (TPSA) is 89.0 Å². The number of carbonyl (C=O) groups is 2. The number of rotatable bonds is 6. The van der Waals surface area contributed by atoms with Crippen LogP contribution in [0.3, 0.4) is 0 Å². The van der Waals surface area contributed by atoms with E-state index in [0.29, 0.717) is 27.1 Å². The zero-order chi connectivity index (χ0) is 23.5. The van der Waals surface area contributed by atoms with Crippen LogP contribution in [-0.2, 0) is 16.1 Å². The van der Waals surface area contributed by atoms with Crippen molar-refractivity contribution in [1.29, 1.82) is 0 Å². The summed E-state index contributed by atoms with van der Waals surface area (Å²) in [6.07, 6.45) is 3.18. The molecular weight excluding hydrogens is 488 g/mol. The number of benzene rings is 2. The van der Waals surface area contributed by atoms with E-state index < -0.39 is 17.7 Å². The van der Waals surface area contributed by atoms with E-state index in [1.165, 1.54) is 12.0 Å². The third-order valence-corrected chi connectivity index (χ3v) is 6.12. The Morgan fingerprint density at radius 2 is 1.73 bits per heavy atom. The third-order valence-electron chi connectivity index (χ3n) is 5.50. The third kappa shape index (κ3) is 4.34. The molecule has 1 fully saturated rings. The van der Waals surface area contributed by atoms with Gasteiger partial charge in [0.15, 0.2) is 0 Å². The predicted octanol–water partition coefficient (Wildman–Crippen LogP) is 4.48. The molecule has 0 radical (unpaired) electrons. The second kappa shape index (κ2) is 9.46. The van der Waals surface area contributed by atoms with E-state index in [9.17, 15) is 14.7 Å². The Morgan fingerprint density at radius 1 is 1.03 bits per heavy atom. The largest absolute Gasteiger partial charge is 0.507 e. The molecule has 0 bridgehead atoms. The molecule has 3 aromatic rings. The quantitative estimate of drug-likeness (QED) is 0.300. The summed E-state index contributed by atoms with van der Waals surface area (Å²) in [4.78, 5) is 31.7. The second-order valence-corrected chi connectivity index (χ2v) is 8.26. The molecule has 0 aliphatic carbocycles. The summed E-state index contributed by atoms with van der Waals surface area (Å²) in [5.74, 6) is -0.402. The fourth-order valence-electron chi connectivity index (χ4n) is 3.83. The molecule has 33 heavy (non-hydrogen) atoms. The molecular formula is C25H21BrN2O5. The van der Waals surface area contributed by atoms with Gasteiger partial charge in [0, 0.05) is 24.5 Å². The lowest BCUT2D eigenvalue weighted by Crippen LogP contribution is -2.29. The highest BCUT2D eigenvalue weighted by Gasteiger charge is 2.46. The smallest absolute Gasteiger partial charge is 0.295 e. The molecule has 1 aliphatic rings. The van der Waals surface area contributed by atoms with E-state index in [0.717, 1.165) is 5.56 Å². The van der Waals surface area contributed by atoms with Gasteiger partial charge in [-0.3, -0.25) is 14.6 Å². The fourth-order valence-corrected chi connectivity index (χ4v) is 4.37. The lowest BCUT2D eigenvalue weighted by molar-refractivity contribution is -0.140. The number of ether oxygens (including phenoxy) is 2. The Balaban J connectivity index is 1.81. The standard InChI is InChI=1S/C25H21BrN2O5/c1-32-18-6-3-15(4-7-18)14-28-22(16-9-11-27-12-10-16)21(24(30)25(28)31)23(29)17-5-8-20(33-2)19(26)13-17/h3-13,22,29H,14H2,1-2H3/b23-21-. The van der Waals surface area contributed by atoms with Gasteiger partial charge in [0.2, 0.25) is 0 Å². The van der Waals surface area contributed by atoms with Crippen LogP contribution < -0.4 is 9.47 Å². The minimum absolute atomic E-state index is 0.0248. The number of methoxy groups -OCH3 is 2. The molecule has 0 saturated carbocycles. The van der Waals surface area contributed by atoms with E-state index in [1.807, 2.05) is 12.1 Å². The summed E-state index contributed by atoms with van der Waals surface area (Å²) in [6.45, 7) is 0.185. The number of aliphatic hydroxyl groups excluding tert-OH is 1. The highest BCUT2D eigenvalue weighted by Crippen LogP contribution is 2.41. The summed E-state index contributed by atoms with van der Waals surface area (Å²) in [7, 11) is 3.11. The average molecular weight is 509 g/mol. The molecule has 1 aliphatic heterocycles. The first-order valence-corrected chi connectivity index (χ1v) is 10.9. The number of aromatic nitrogens is 1. The first-order valence-electron chi connectivity index (χ1n) is 10.1. The van der Waals surface area contributed by atoms with Gasteiger partial charge in [0.1, 0.15) is 17.3 Å². The minimum Gasteiger partial charge on any atom is -0.507 e. The van der Waals surface area contributed by atoms with Crippen LogP contribution in [0.4, 0.5) is 0 Å². The molecule has 2 heterocycles. The summed E-state index contributed by atoms with van der Waals surface area (Å²) in [6, 6.07) is 14.9. The van der Waals surface area contributed by atoms with Crippen molar-refractivity contribution in [2.24, 2.45) is 0 Å². The Kier molecular flexibility index (Phi) is 6.46. The Bertz CT molecular complexity index is 1230. The summed E-state index contributed by atoms with van der Waals surface area (Å²) in [5, 5.41) is 11.2. The zero-order valence-electron chi connectivity index (χ0n) is 18.0. The molecule has 4 rings (SSSR count). The maximum absolute atomic E-state index is 13.1. The van der Waals surface area contributed by atoms with Gasteiger partial charge in [0.05, 0.1) is 30.3 Å². The van der Waals surface area contributed by atoms with Gasteiger partial charge in [-0.1, -0.05) is 12.1 Å². The lowest BCUT2D eigenvalue weighted by atomic mass is 9.96. The number of likely N-dealkylation sites (tertiary alicyclic amines) is 1. The molecule has 1 unspecified atom stereocenters. The van der Waals surface area contributed by atoms with Gasteiger partial charge in [-0.2, -0.15) is 0 Å². The summed E-state index contributed by atoms with van der Waals surface area (Å²) in [5.41, 5.74) is 1.91. The van der Waals surface area contributed by atoms with E-state index in [1.54, 1.807) is 62.0 Å². The van der Waals surface area contributed by atoms with Crippen molar-refractivity contribution in [3.63, 3.8) is 0 Å². The van der Waals surface area contributed by atoms with E-state index in [4.69, 9.17) is 9.47 Å². The maximum atomic E-state index is 13.1. The van der Waals surface area contributed by atoms with Crippen LogP contribution in [0.25, 0.3) is 5.76 Å². The predicted molar refractivity (Wildman–Crippen MR) is 126 cm³/mol. The van der Waals surface area contributed by atoms with Crippen molar-refractivity contribution in [3.05, 3.63) is 93.7 Å². The van der Waals surface area contributed by atoms with Crippen molar-refractivity contribution in [1.82, 2.24) is 9.88 Å². The maximum Gasteiger partial charge on any atom is 0.295 e. The van der Waals surface area contributed by atoms with Crippen LogP contribution in [0.5, 0.6) is 11.5 Å². The summed E-state index contributed by atoms with van der Waals surface area (Å²) >= 11 is 3.40. The molecule has 7 nitrogen and oxygen atoms in total. The lowest BCUT2D eigenvalue weighted by Gasteiger charge is -2.25. The average Bonchev–Trinajstić information content (AvgIpc) is 3.09. The number of ketones is 1. The normalized spacial score (nSPS) is 17.3. The molecule has 2 aromatic carbocycles. The molecule has 1 N–H and O–H groups in total. The monoisotopic (exact) mass is 508 g/mol. The highest BCUT2D eigenvalue weighted by molar-refractivity contribution is 9.10. The number of pyridine rings is 1. The fraction of sp³-hybridized carbons (Fsp3) is 0.160. The SMILES string of the molecule is COc1ccc(CN2C(=O)C(=O)/C(=C(\O)c3ccc(OC)c(Br)c3)C2c2ccncc2)cc1. The number of halogens is 1. The number of carbonyl (C=O) groups excluding carboxylic acids is 2. The molecule has 8 heteroatoms. The van der Waals surface area contributed by atoms with Gasteiger partial charge in [0.25, 0.3) is 11.7 Å². The van der Waals surface area contributed by atoms with Crippen LogP contribution >= 0.6 is 15.9 Å². The zero-order valence-corrected chi connectivity index (χ0v) is 19.6. The first kappa shape index (κ1) is 22.5. The number of aliphatic hydroxyl groups is 1. The van der Waals surface area contributed by atoms with Crippen LogP contribution in [0.2, 0.25) is 0 Å². The van der Waals surface area contributed by atoms with Gasteiger partial charge in [-0.25, -0.2) is 0 Å². The Hall–Kier alpha value is -3.65. The Morgan fingerprint density at radius 3 is 2.33 bits per heavy atom. The van der Waals surface area contributed by atoms with E-state index in [-0.39, 0.29) is 17.9 Å². The highest BCUT2D eigenvalue weighted by atomic mass is 79.9.